The molecule has 1 aliphatic rings. The Balaban J connectivity index is 2.21. The quantitative estimate of drug-likeness (QED) is 0.861. The second-order valence-electron chi connectivity index (χ2n) is 4.15. The van der Waals surface area contributed by atoms with Crippen LogP contribution in [-0.4, -0.2) is 45.6 Å². The zero-order valence-corrected chi connectivity index (χ0v) is 13.1. The van der Waals surface area contributed by atoms with Gasteiger partial charge in [-0.05, 0) is 22.5 Å². The number of furan rings is 1. The number of hydrogen-bond acceptors (Lipinski definition) is 5. The van der Waals surface area contributed by atoms with Crippen molar-refractivity contribution < 1.29 is 17.6 Å². The van der Waals surface area contributed by atoms with E-state index in [9.17, 15) is 8.42 Å². The Hall–Kier alpha value is -0.410. The first-order valence-electron chi connectivity index (χ1n) is 6.12. The summed E-state index contributed by atoms with van der Waals surface area (Å²) in [5, 5.41) is 3.09. The van der Waals surface area contributed by atoms with Crippen LogP contribution in [0, 0.1) is 0 Å². The first kappa shape index (κ1) is 15.0. The van der Waals surface area contributed by atoms with Gasteiger partial charge in [0.15, 0.2) is 4.67 Å². The van der Waals surface area contributed by atoms with Gasteiger partial charge in [-0.3, -0.25) is 0 Å². The van der Waals surface area contributed by atoms with Crippen LogP contribution < -0.4 is 5.32 Å². The molecule has 1 fully saturated rings. The van der Waals surface area contributed by atoms with Gasteiger partial charge in [0.05, 0.1) is 19.8 Å². The highest BCUT2D eigenvalue weighted by molar-refractivity contribution is 9.10. The summed E-state index contributed by atoms with van der Waals surface area (Å²) in [4.78, 5) is 0.183. The Morgan fingerprint density at radius 2 is 2.11 bits per heavy atom. The van der Waals surface area contributed by atoms with Crippen LogP contribution in [0.4, 0.5) is 0 Å². The van der Waals surface area contributed by atoms with E-state index in [1.165, 1.54) is 4.31 Å². The van der Waals surface area contributed by atoms with Gasteiger partial charge in [-0.25, -0.2) is 8.42 Å². The van der Waals surface area contributed by atoms with Crippen LogP contribution >= 0.6 is 15.9 Å². The maximum atomic E-state index is 12.5. The molecular weight excluding hydrogens is 336 g/mol. The van der Waals surface area contributed by atoms with E-state index >= 15 is 0 Å². The molecule has 6 nitrogen and oxygen atoms in total. The predicted octanol–water partition coefficient (Wildman–Crippen LogP) is 1.17. The smallest absolute Gasteiger partial charge is 0.247 e. The third kappa shape index (κ3) is 3.38. The SMILES string of the molecule is CCNCc1cc(S(=O)(=O)N2CCOCC2)c(Br)o1. The Kier molecular flexibility index (Phi) is 5.02. The first-order chi connectivity index (χ1) is 9.05. The largest absolute Gasteiger partial charge is 0.452 e. The summed E-state index contributed by atoms with van der Waals surface area (Å²) in [6.07, 6.45) is 0. The van der Waals surface area contributed by atoms with Crippen LogP contribution in [0.15, 0.2) is 20.0 Å². The van der Waals surface area contributed by atoms with E-state index in [0.717, 1.165) is 6.54 Å². The lowest BCUT2D eigenvalue weighted by Gasteiger charge is -2.25. The molecule has 19 heavy (non-hydrogen) atoms. The van der Waals surface area contributed by atoms with E-state index in [4.69, 9.17) is 9.15 Å². The number of nitrogens with zero attached hydrogens (tertiary/aromatic N) is 1. The summed E-state index contributed by atoms with van der Waals surface area (Å²) >= 11 is 3.18. The van der Waals surface area contributed by atoms with Crippen LogP contribution in [-0.2, 0) is 21.3 Å². The zero-order valence-electron chi connectivity index (χ0n) is 10.7. The Labute approximate surface area is 121 Å². The molecule has 0 bridgehead atoms. The number of rotatable bonds is 5. The molecule has 2 rings (SSSR count). The van der Waals surface area contributed by atoms with Crippen molar-refractivity contribution >= 4 is 26.0 Å². The Bertz CT molecular complexity index is 523. The van der Waals surface area contributed by atoms with E-state index in [2.05, 4.69) is 21.2 Å². The number of sulfonamides is 1. The second-order valence-corrected chi connectivity index (χ2v) is 6.77. The molecule has 0 spiro atoms. The summed E-state index contributed by atoms with van der Waals surface area (Å²) < 4.78 is 37.2. The highest BCUT2D eigenvalue weighted by Gasteiger charge is 2.30. The van der Waals surface area contributed by atoms with Crippen molar-refractivity contribution in [2.75, 3.05) is 32.8 Å². The summed E-state index contributed by atoms with van der Waals surface area (Å²) in [7, 11) is -3.51. The normalized spacial score (nSPS) is 17.8. The molecule has 0 atom stereocenters. The van der Waals surface area contributed by atoms with E-state index in [1.54, 1.807) is 6.07 Å². The van der Waals surface area contributed by atoms with E-state index < -0.39 is 10.0 Å². The van der Waals surface area contributed by atoms with Crippen LogP contribution in [0.5, 0.6) is 0 Å². The standard InChI is InChI=1S/C11H17BrN2O4S/c1-2-13-8-9-7-10(11(12)18-9)19(15,16)14-3-5-17-6-4-14/h7,13H,2-6,8H2,1H3. The van der Waals surface area contributed by atoms with Crippen molar-refractivity contribution in [3.63, 3.8) is 0 Å². The summed E-state index contributed by atoms with van der Waals surface area (Å²) in [6, 6.07) is 1.57. The Morgan fingerprint density at radius 1 is 1.42 bits per heavy atom. The number of halogens is 1. The van der Waals surface area contributed by atoms with Gasteiger partial charge in [-0.15, -0.1) is 0 Å². The van der Waals surface area contributed by atoms with E-state index in [-0.39, 0.29) is 9.56 Å². The van der Waals surface area contributed by atoms with Gasteiger partial charge in [0.25, 0.3) is 0 Å². The molecular formula is C11H17BrN2O4S. The molecule has 0 radical (unpaired) electrons. The molecule has 8 heteroatoms. The molecule has 1 aromatic rings. The lowest BCUT2D eigenvalue weighted by atomic mass is 10.4. The molecule has 2 heterocycles. The molecule has 108 valence electrons. The number of hydrogen-bond donors (Lipinski definition) is 1. The predicted molar refractivity (Wildman–Crippen MR) is 73.4 cm³/mol. The highest BCUT2D eigenvalue weighted by Crippen LogP contribution is 2.29. The van der Waals surface area contributed by atoms with Gasteiger partial charge in [-0.2, -0.15) is 4.31 Å². The monoisotopic (exact) mass is 352 g/mol. The van der Waals surface area contributed by atoms with Gasteiger partial charge in [0, 0.05) is 19.2 Å². The molecule has 1 aliphatic heterocycles. The fraction of sp³-hybridized carbons (Fsp3) is 0.636. The summed E-state index contributed by atoms with van der Waals surface area (Å²) in [6.45, 7) is 4.89. The third-order valence-corrected chi connectivity index (χ3v) is 5.60. The molecule has 1 N–H and O–H groups in total. The lowest BCUT2D eigenvalue weighted by Crippen LogP contribution is -2.40. The van der Waals surface area contributed by atoms with Crippen molar-refractivity contribution in [3.8, 4) is 0 Å². The van der Waals surface area contributed by atoms with Gasteiger partial charge in [0.1, 0.15) is 10.7 Å². The molecule has 1 aromatic heterocycles. The van der Waals surface area contributed by atoms with Gasteiger partial charge < -0.3 is 14.5 Å². The van der Waals surface area contributed by atoms with Gasteiger partial charge in [-0.1, -0.05) is 6.92 Å². The number of nitrogens with one attached hydrogen (secondary N) is 1. The van der Waals surface area contributed by atoms with Crippen LogP contribution in [0.25, 0.3) is 0 Å². The molecule has 0 aromatic carbocycles. The molecule has 0 aliphatic carbocycles. The third-order valence-electron chi connectivity index (χ3n) is 2.84. The summed E-state index contributed by atoms with van der Waals surface area (Å²) in [5.74, 6) is 0.598. The highest BCUT2D eigenvalue weighted by atomic mass is 79.9. The average Bonchev–Trinajstić information content (AvgIpc) is 2.79. The van der Waals surface area contributed by atoms with Gasteiger partial charge in [0.2, 0.25) is 10.0 Å². The van der Waals surface area contributed by atoms with Crippen LogP contribution in [0.3, 0.4) is 0 Å². The molecule has 0 unspecified atom stereocenters. The molecule has 0 amide bonds. The van der Waals surface area contributed by atoms with E-state index in [1.807, 2.05) is 6.92 Å². The van der Waals surface area contributed by atoms with Crippen molar-refractivity contribution in [2.24, 2.45) is 0 Å². The minimum absolute atomic E-state index is 0.183. The molecule has 0 saturated carbocycles. The fourth-order valence-corrected chi connectivity index (χ4v) is 4.20. The van der Waals surface area contributed by atoms with E-state index in [0.29, 0.717) is 38.6 Å². The van der Waals surface area contributed by atoms with Crippen molar-refractivity contribution in [1.29, 1.82) is 0 Å². The summed E-state index contributed by atoms with van der Waals surface area (Å²) in [5.41, 5.74) is 0. The second kappa shape index (κ2) is 6.36. The topological polar surface area (TPSA) is 71.8 Å². The molecule has 1 saturated heterocycles. The zero-order chi connectivity index (χ0) is 13.9. The van der Waals surface area contributed by atoms with Crippen molar-refractivity contribution in [2.45, 2.75) is 18.4 Å². The van der Waals surface area contributed by atoms with Crippen molar-refractivity contribution in [1.82, 2.24) is 9.62 Å². The average molecular weight is 353 g/mol. The minimum Gasteiger partial charge on any atom is -0.452 e. The van der Waals surface area contributed by atoms with Crippen LogP contribution in [0.1, 0.15) is 12.7 Å². The maximum Gasteiger partial charge on any atom is 0.247 e. The minimum atomic E-state index is -3.51. The lowest BCUT2D eigenvalue weighted by molar-refractivity contribution is 0.0730. The van der Waals surface area contributed by atoms with Crippen LogP contribution in [0.2, 0.25) is 0 Å². The Morgan fingerprint density at radius 3 is 2.74 bits per heavy atom. The maximum absolute atomic E-state index is 12.5. The van der Waals surface area contributed by atoms with Gasteiger partial charge >= 0.3 is 0 Å². The number of ether oxygens (including phenoxy) is 1. The van der Waals surface area contributed by atoms with Crippen molar-refractivity contribution in [3.05, 3.63) is 16.5 Å². The first-order valence-corrected chi connectivity index (χ1v) is 8.36. The fourth-order valence-electron chi connectivity index (χ4n) is 1.84. The number of morpholine rings is 1.